The van der Waals surface area contributed by atoms with Crippen LogP contribution in [0.15, 0.2) is 95.3 Å². The van der Waals surface area contributed by atoms with Gasteiger partial charge in [0, 0.05) is 0 Å². The van der Waals surface area contributed by atoms with E-state index in [1.807, 2.05) is 5.20 Å². The summed E-state index contributed by atoms with van der Waals surface area (Å²) in [4.78, 5) is 0. The monoisotopic (exact) mass is 704 g/mol. The Bertz CT molecular complexity index is 1690. The van der Waals surface area contributed by atoms with E-state index in [-0.39, 0.29) is 0 Å². The summed E-state index contributed by atoms with van der Waals surface area (Å²) in [5, 5.41) is 3.65. The van der Waals surface area contributed by atoms with Crippen molar-refractivity contribution in [1.82, 2.24) is 0 Å². The Morgan fingerprint density at radius 3 is 1.88 bits per heavy atom. The standard InChI is InChI=1S/C36H34Si.2CH3.Hf/c1-4-5-15-33-32-18-9-17-31(27-13-7-11-25(3)20-27)35(32)23-36(33)37-29-21-28-14-8-16-30(34(28)22-29)26-12-6-10-24(2)19-26;;;/h6-14,16-23,33H,1,4-5,15,37H2,2-3H3;2*1H3;. The molecule has 0 nitrogen and oxygen atoms in total. The molecule has 0 aromatic heterocycles. The molecule has 0 bridgehead atoms. The van der Waals surface area contributed by atoms with E-state index in [1.165, 1.54) is 62.4 Å². The molecule has 4 aromatic carbocycles. The van der Waals surface area contributed by atoms with Gasteiger partial charge in [0.1, 0.15) is 0 Å². The van der Waals surface area contributed by atoms with Crippen molar-refractivity contribution >= 4 is 21.7 Å². The molecule has 0 N–H and O–H groups in total. The van der Waals surface area contributed by atoms with Crippen LogP contribution in [0.2, 0.25) is 13.5 Å². The van der Waals surface area contributed by atoms with E-state index in [4.69, 9.17) is 0 Å². The molecule has 200 valence electrons. The molecule has 2 aliphatic carbocycles. The van der Waals surface area contributed by atoms with E-state index in [0.29, 0.717) is 5.92 Å². The van der Waals surface area contributed by atoms with Gasteiger partial charge in [0.15, 0.2) is 0 Å². The quantitative estimate of drug-likeness (QED) is 0.183. The van der Waals surface area contributed by atoms with Crippen molar-refractivity contribution in [3.05, 3.63) is 129 Å². The molecule has 0 saturated carbocycles. The van der Waals surface area contributed by atoms with E-state index in [2.05, 4.69) is 120 Å². The molecule has 40 heavy (non-hydrogen) atoms. The van der Waals surface area contributed by atoms with Crippen molar-refractivity contribution in [3.8, 4) is 22.3 Å². The first-order valence-electron chi connectivity index (χ1n) is 15.2. The van der Waals surface area contributed by atoms with E-state index in [9.17, 15) is 0 Å². The van der Waals surface area contributed by atoms with Crippen LogP contribution in [0.25, 0.3) is 34.4 Å². The molecule has 1 heterocycles. The van der Waals surface area contributed by atoms with Crippen LogP contribution >= 0.6 is 0 Å². The van der Waals surface area contributed by atoms with E-state index < -0.39 is 29.5 Å². The topological polar surface area (TPSA) is 0 Å². The molecule has 2 unspecified atom stereocenters. The molecular formula is C38H40HfSi. The normalized spacial score (nSPS) is 21.6. The number of benzene rings is 4. The fraction of sp³-hybridized carbons (Fsp3) is 0.263. The zero-order chi connectivity index (χ0) is 27.4. The minimum atomic E-state index is -2.56. The molecule has 1 aliphatic heterocycles. The van der Waals surface area contributed by atoms with Crippen LogP contribution < -0.4 is 0 Å². The summed E-state index contributed by atoms with van der Waals surface area (Å²) in [5.74, 6) is 0.616. The number of aryl methyl sites for hydroxylation is 2. The van der Waals surface area contributed by atoms with Gasteiger partial charge in [-0.15, -0.1) is 0 Å². The maximum absolute atomic E-state index is 2.76. The van der Waals surface area contributed by atoms with Gasteiger partial charge in [-0.25, -0.2) is 0 Å². The van der Waals surface area contributed by atoms with Crippen LogP contribution in [0.5, 0.6) is 0 Å². The fourth-order valence-corrected chi connectivity index (χ4v) is 28.9. The second-order valence-corrected chi connectivity index (χ2v) is 33.3. The molecule has 7 rings (SSSR count). The summed E-state index contributed by atoms with van der Waals surface area (Å²) in [6.07, 6.45) is 9.47. The van der Waals surface area contributed by atoms with Crippen molar-refractivity contribution in [2.45, 2.75) is 56.2 Å². The molecular weight excluding hydrogens is 663 g/mol. The molecule has 4 aromatic rings. The summed E-state index contributed by atoms with van der Waals surface area (Å²) < 4.78 is 7.79. The molecule has 1 fully saturated rings. The molecule has 1 saturated heterocycles. The van der Waals surface area contributed by atoms with Gasteiger partial charge in [-0.2, -0.15) is 0 Å². The van der Waals surface area contributed by atoms with Crippen LogP contribution in [0, 0.1) is 13.8 Å². The Labute approximate surface area is 247 Å². The van der Waals surface area contributed by atoms with Crippen LogP contribution in [-0.4, -0.2) is 9.52 Å². The Morgan fingerprint density at radius 1 is 0.650 bits per heavy atom. The van der Waals surface area contributed by atoms with Crippen LogP contribution in [0.3, 0.4) is 0 Å². The second-order valence-electron chi connectivity index (χ2n) is 13.2. The first-order chi connectivity index (χ1) is 19.4. The van der Waals surface area contributed by atoms with Gasteiger partial charge < -0.3 is 0 Å². The summed E-state index contributed by atoms with van der Waals surface area (Å²) in [5.41, 5.74) is 14.6. The molecule has 0 amide bonds. The van der Waals surface area contributed by atoms with Gasteiger partial charge in [-0.1, -0.05) is 0 Å². The van der Waals surface area contributed by atoms with Crippen molar-refractivity contribution < 1.29 is 20.0 Å². The third-order valence-corrected chi connectivity index (χ3v) is 27.4. The van der Waals surface area contributed by atoms with E-state index in [0.717, 1.165) is 3.67 Å². The molecule has 0 spiro atoms. The average molecular weight is 703 g/mol. The summed E-state index contributed by atoms with van der Waals surface area (Å²) >= 11 is -2.56. The number of rotatable bonds is 2. The number of allylic oxidation sites excluding steroid dienone is 2. The Balaban J connectivity index is 1.35. The summed E-state index contributed by atoms with van der Waals surface area (Å²) in [6, 6.07) is 32.5. The van der Waals surface area contributed by atoms with Gasteiger partial charge in [-0.3, -0.25) is 0 Å². The van der Waals surface area contributed by atoms with Crippen LogP contribution in [0.1, 0.15) is 62.2 Å². The Kier molecular flexibility index (Phi) is 6.83. The average Bonchev–Trinajstić information content (AvgIpc) is 3.49. The Morgan fingerprint density at radius 2 is 1.23 bits per heavy atom. The molecule has 3 aliphatic rings. The molecule has 0 radical (unpaired) electrons. The third kappa shape index (κ3) is 4.62. The molecule has 2 heteroatoms. The summed E-state index contributed by atoms with van der Waals surface area (Å²) in [6.45, 7) is 4.43. The van der Waals surface area contributed by atoms with Gasteiger partial charge in [0.2, 0.25) is 0 Å². The van der Waals surface area contributed by atoms with Crippen LogP contribution in [0.4, 0.5) is 0 Å². The van der Waals surface area contributed by atoms with E-state index >= 15 is 0 Å². The van der Waals surface area contributed by atoms with Gasteiger partial charge in [0.05, 0.1) is 0 Å². The van der Waals surface area contributed by atoms with Crippen molar-refractivity contribution in [3.63, 3.8) is 0 Å². The van der Waals surface area contributed by atoms with Crippen molar-refractivity contribution in [2.75, 3.05) is 0 Å². The second kappa shape index (κ2) is 10.4. The van der Waals surface area contributed by atoms with Crippen LogP contribution in [-0.2, 0) is 20.0 Å². The zero-order valence-corrected chi connectivity index (χ0v) is 29.4. The molecule has 2 atom stereocenters. The first-order valence-corrected chi connectivity index (χ1v) is 28.4. The maximum atomic E-state index is 2.76. The predicted octanol–water partition coefficient (Wildman–Crippen LogP) is 10.2. The fourth-order valence-electron chi connectivity index (χ4n) is 8.03. The third-order valence-electron chi connectivity index (χ3n) is 9.86. The van der Waals surface area contributed by atoms with Gasteiger partial charge in [0.25, 0.3) is 0 Å². The predicted molar refractivity (Wildman–Crippen MR) is 174 cm³/mol. The minimum absolute atomic E-state index is 0.554. The number of hydrogen-bond acceptors (Lipinski definition) is 0. The SMILES string of the molecule is Cc1cccc(-c2cccc3c2C=C2[SiH2]C4=Cc5c(-c6cccc(C)c6)cccc5[CH]4[Hf]([CH3])([CH3])[CH2]CCCC23)c1. The van der Waals surface area contributed by atoms with Gasteiger partial charge in [-0.05, 0) is 0 Å². The van der Waals surface area contributed by atoms with E-state index in [1.54, 1.807) is 21.9 Å². The zero-order valence-electron chi connectivity index (χ0n) is 24.4. The van der Waals surface area contributed by atoms with Crippen molar-refractivity contribution in [1.29, 1.82) is 0 Å². The first kappa shape index (κ1) is 26.4. The number of fused-ring (bicyclic) bond motifs is 6. The number of hydrogen-bond donors (Lipinski definition) is 0. The Hall–Kier alpha value is -2.55. The summed E-state index contributed by atoms with van der Waals surface area (Å²) in [7, 11) is -0.554. The van der Waals surface area contributed by atoms with Crippen molar-refractivity contribution in [2.24, 2.45) is 0 Å². The van der Waals surface area contributed by atoms with Gasteiger partial charge >= 0.3 is 249 Å².